The summed E-state index contributed by atoms with van der Waals surface area (Å²) in [6.07, 6.45) is 1.16. The molecule has 2 amide bonds. The van der Waals surface area contributed by atoms with Crippen molar-refractivity contribution in [1.29, 1.82) is 0 Å². The normalized spacial score (nSPS) is 18.5. The maximum atomic E-state index is 14.7. The molecule has 5 aliphatic heterocycles. The molecule has 0 aromatic heterocycles. The van der Waals surface area contributed by atoms with Crippen molar-refractivity contribution in [3.8, 4) is 22.5 Å². The van der Waals surface area contributed by atoms with Gasteiger partial charge in [0.15, 0.2) is 6.54 Å². The highest BCUT2D eigenvalue weighted by Crippen LogP contribution is 2.47. The van der Waals surface area contributed by atoms with E-state index in [1.54, 1.807) is 36.4 Å². The Labute approximate surface area is 374 Å². The number of hydroxylamine groups is 2. The van der Waals surface area contributed by atoms with Gasteiger partial charge in [0, 0.05) is 96.1 Å². The molecular formula is C45H40N4O13S3. The molecule has 20 heteroatoms. The molecule has 2 fully saturated rings. The smallest absolute Gasteiger partial charge is 0.336 e. The lowest BCUT2D eigenvalue weighted by Gasteiger charge is -2.31. The molecule has 0 bridgehead atoms. The molecule has 0 atom stereocenters. The van der Waals surface area contributed by atoms with Crippen LogP contribution < -0.4 is 14.8 Å². The SMILES string of the molecule is O=C(ON1C(=O)CCC1=O)C1CCN(S(=O)(=O)c2ccccc2-c2c3ccc(=[N+]4CCc5cc(S(O)(O)O)ccc54)cc-3oc3cc(N4CCc5cc(S(=O)(=O)[O-])ccc54)ccc23)CC1. The van der Waals surface area contributed by atoms with E-state index in [9.17, 15) is 49.4 Å². The molecule has 0 unspecified atom stereocenters. The van der Waals surface area contributed by atoms with Gasteiger partial charge in [0.05, 0.1) is 26.7 Å². The molecule has 0 saturated carbocycles. The van der Waals surface area contributed by atoms with Crippen LogP contribution >= 0.6 is 10.9 Å². The van der Waals surface area contributed by atoms with Gasteiger partial charge >= 0.3 is 5.97 Å². The summed E-state index contributed by atoms with van der Waals surface area (Å²) < 4.78 is 105. The van der Waals surface area contributed by atoms with Crippen LogP contribution in [0.15, 0.2) is 116 Å². The number of imide groups is 1. The van der Waals surface area contributed by atoms with E-state index in [0.29, 0.717) is 75.7 Å². The van der Waals surface area contributed by atoms with E-state index >= 15 is 0 Å². The highest BCUT2D eigenvalue weighted by molar-refractivity contribution is 8.19. The summed E-state index contributed by atoms with van der Waals surface area (Å²) in [4.78, 5) is 44.0. The van der Waals surface area contributed by atoms with Gasteiger partial charge in [-0.1, -0.05) is 18.2 Å². The first-order valence-corrected chi connectivity index (χ1v) is 25.1. The quantitative estimate of drug-likeness (QED) is 0.0682. The Bertz CT molecular complexity index is 3270. The Morgan fingerprint density at radius 2 is 1.48 bits per heavy atom. The third kappa shape index (κ3) is 7.68. The molecule has 2 saturated heterocycles. The van der Waals surface area contributed by atoms with Crippen molar-refractivity contribution in [2.24, 2.45) is 5.92 Å². The van der Waals surface area contributed by atoms with Crippen LogP contribution in [-0.4, -0.2) is 88.4 Å². The van der Waals surface area contributed by atoms with Crippen LogP contribution in [0.2, 0.25) is 0 Å². The van der Waals surface area contributed by atoms with Crippen molar-refractivity contribution >= 4 is 76.8 Å². The number of hydrogen-bond donors (Lipinski definition) is 3. The van der Waals surface area contributed by atoms with Crippen molar-refractivity contribution in [2.45, 2.75) is 53.2 Å². The van der Waals surface area contributed by atoms with E-state index in [0.717, 1.165) is 22.3 Å². The predicted octanol–water partition coefficient (Wildman–Crippen LogP) is 6.05. The van der Waals surface area contributed by atoms with Crippen molar-refractivity contribution in [3.63, 3.8) is 0 Å². The fourth-order valence-electron chi connectivity index (χ4n) is 9.30. The number of piperidine rings is 1. The molecule has 5 heterocycles. The zero-order valence-electron chi connectivity index (χ0n) is 34.3. The first-order valence-electron chi connectivity index (χ1n) is 20.7. The molecule has 0 spiro atoms. The first kappa shape index (κ1) is 43.0. The second-order valence-electron chi connectivity index (χ2n) is 16.4. The summed E-state index contributed by atoms with van der Waals surface area (Å²) in [5, 5.41) is 1.83. The summed E-state index contributed by atoms with van der Waals surface area (Å²) in [6, 6.07) is 26.9. The van der Waals surface area contributed by atoms with Gasteiger partial charge in [-0.25, -0.2) is 21.6 Å². The van der Waals surface area contributed by atoms with Gasteiger partial charge in [0.1, 0.15) is 32.3 Å². The summed E-state index contributed by atoms with van der Waals surface area (Å²) >= 11 is 0. The first-order chi connectivity index (χ1) is 31.0. The molecule has 0 radical (unpaired) electrons. The number of fused-ring (bicyclic) bond motifs is 4. The van der Waals surface area contributed by atoms with E-state index in [4.69, 9.17) is 9.25 Å². The lowest BCUT2D eigenvalue weighted by molar-refractivity contribution is -0.201. The van der Waals surface area contributed by atoms with E-state index in [2.05, 4.69) is 0 Å². The summed E-state index contributed by atoms with van der Waals surface area (Å²) in [5.41, 5.74) is 5.72. The van der Waals surface area contributed by atoms with Crippen LogP contribution in [-0.2, 0) is 52.2 Å². The van der Waals surface area contributed by atoms with Gasteiger partial charge < -0.3 is 32.4 Å². The molecule has 17 nitrogen and oxygen atoms in total. The number of rotatable bonds is 8. The van der Waals surface area contributed by atoms with Crippen molar-refractivity contribution in [3.05, 3.63) is 114 Å². The largest absolute Gasteiger partial charge is 0.744 e. The second-order valence-corrected chi connectivity index (χ2v) is 21.2. The third-order valence-electron chi connectivity index (χ3n) is 12.6. The number of nitrogens with zero attached hydrogens (tertiary/aromatic N) is 4. The van der Waals surface area contributed by atoms with Crippen molar-refractivity contribution in [1.82, 2.24) is 13.9 Å². The number of carbonyl (C=O) groups excluding carboxylic acids is 3. The Morgan fingerprint density at radius 3 is 2.22 bits per heavy atom. The third-order valence-corrected chi connectivity index (χ3v) is 16.2. The minimum Gasteiger partial charge on any atom is -0.744 e. The maximum absolute atomic E-state index is 14.7. The highest BCUT2D eigenvalue weighted by atomic mass is 32.3. The molecule has 4 aromatic rings. The number of carbonyl (C=O) groups is 3. The highest BCUT2D eigenvalue weighted by Gasteiger charge is 2.39. The Morgan fingerprint density at radius 1 is 0.754 bits per heavy atom. The van der Waals surface area contributed by atoms with Crippen LogP contribution in [0.25, 0.3) is 33.4 Å². The lowest BCUT2D eigenvalue weighted by atomic mass is 9.93. The van der Waals surface area contributed by atoms with Gasteiger partial charge in [-0.2, -0.15) is 8.88 Å². The molecule has 4 aromatic carbocycles. The van der Waals surface area contributed by atoms with Gasteiger partial charge in [-0.05, 0) is 79.4 Å². The van der Waals surface area contributed by atoms with Crippen LogP contribution in [0.3, 0.4) is 0 Å². The lowest BCUT2D eigenvalue weighted by Crippen LogP contribution is -2.42. The minimum absolute atomic E-state index is 0.0171. The monoisotopic (exact) mass is 940 g/mol. The van der Waals surface area contributed by atoms with E-state index in [-0.39, 0.29) is 53.5 Å². The fourth-order valence-corrected chi connectivity index (χ4v) is 12.0. The predicted molar refractivity (Wildman–Crippen MR) is 236 cm³/mol. The van der Waals surface area contributed by atoms with E-state index in [1.165, 1.54) is 28.6 Å². The molecule has 65 heavy (non-hydrogen) atoms. The van der Waals surface area contributed by atoms with Gasteiger partial charge in [-0.15, -0.1) is 5.06 Å². The Balaban J connectivity index is 1.07. The maximum Gasteiger partial charge on any atom is 0.336 e. The number of sulfonamides is 1. The van der Waals surface area contributed by atoms with Gasteiger partial charge in [0.2, 0.25) is 21.1 Å². The average molecular weight is 941 g/mol. The topological polar surface area (TPSA) is 238 Å². The second kappa shape index (κ2) is 15.9. The zero-order valence-corrected chi connectivity index (χ0v) is 36.8. The van der Waals surface area contributed by atoms with Crippen LogP contribution in [0, 0.1) is 5.92 Å². The van der Waals surface area contributed by atoms with Crippen molar-refractivity contribution < 1.29 is 58.7 Å². The van der Waals surface area contributed by atoms with Gasteiger partial charge in [-0.3, -0.25) is 9.59 Å². The number of benzene rings is 5. The Kier molecular flexibility index (Phi) is 10.5. The van der Waals surface area contributed by atoms with Crippen molar-refractivity contribution in [2.75, 3.05) is 31.1 Å². The van der Waals surface area contributed by atoms with Crippen LogP contribution in [0.4, 0.5) is 17.1 Å². The summed E-state index contributed by atoms with van der Waals surface area (Å²) in [5.74, 6) is -2.27. The molecule has 10 rings (SSSR count). The summed E-state index contributed by atoms with van der Waals surface area (Å²) in [7, 11) is -12.8. The van der Waals surface area contributed by atoms with E-state index < -0.39 is 54.7 Å². The fraction of sp³-hybridized carbons (Fsp3) is 0.244. The minimum atomic E-state index is -4.66. The number of hydrogen-bond acceptors (Lipinski definition) is 14. The Hall–Kier alpha value is -5.97. The van der Waals surface area contributed by atoms with E-state index in [1.807, 2.05) is 45.9 Å². The molecule has 3 N–H and O–H groups in total. The molecule has 1 aliphatic carbocycles. The van der Waals surface area contributed by atoms with Crippen LogP contribution in [0.1, 0.15) is 36.8 Å². The molecular weight excluding hydrogens is 901 g/mol. The number of amides is 2. The molecule has 336 valence electrons. The zero-order chi connectivity index (χ0) is 45.6. The van der Waals surface area contributed by atoms with Gasteiger partial charge in [0.25, 0.3) is 11.8 Å². The standard InChI is InChI=1S/C45H40N4O13S3/c50-42-13-14-43(51)49(42)62-45(52)27-15-19-46(20-16-27)63(53,54)41-4-2-1-3-36(41)44-34-9-5-30(47-21-17-28-23-32(64(55,56)57)7-11-37(28)47)25-39(34)61-40-26-31(6-10-35(40)44)48-22-18-29-24-33(65(58,59)60)8-12-38(29)48/h1-12,23-27H,13-22H2,(H3-,55,56,57,58,59,60). The average Bonchev–Trinajstić information content (AvgIpc) is 4.00. The molecule has 6 aliphatic rings. The van der Waals surface area contributed by atoms with Crippen LogP contribution in [0.5, 0.6) is 0 Å². The summed E-state index contributed by atoms with van der Waals surface area (Å²) in [6.45, 7) is 0.977. The number of anilines is 2.